The summed E-state index contributed by atoms with van der Waals surface area (Å²) in [4.78, 5) is 24.3. The normalized spacial score (nSPS) is 18.3. The van der Waals surface area contributed by atoms with Crippen molar-refractivity contribution < 1.29 is 18.0 Å². The highest BCUT2D eigenvalue weighted by atomic mass is 79.9. The summed E-state index contributed by atoms with van der Waals surface area (Å²) in [6.45, 7) is 2.62. The molecule has 0 bridgehead atoms. The average Bonchev–Trinajstić information content (AvgIpc) is 2.64. The van der Waals surface area contributed by atoms with Gasteiger partial charge >= 0.3 is 0 Å². The molecule has 0 aromatic heterocycles. The first-order valence-electron chi connectivity index (χ1n) is 8.68. The van der Waals surface area contributed by atoms with Crippen LogP contribution in [0.15, 0.2) is 33.6 Å². The van der Waals surface area contributed by atoms with E-state index < -0.39 is 22.0 Å². The summed E-state index contributed by atoms with van der Waals surface area (Å²) in [5.41, 5.74) is 0. The van der Waals surface area contributed by atoms with Gasteiger partial charge in [-0.05, 0) is 43.5 Å². The standard InChI is InChI=1S/C17H24BrN3O4S/c1-2-10-19-16(22)12-20-17(23)15-5-3-4-11-21(15)26(24,25)14-8-6-13(18)7-9-14/h6-9,15H,2-5,10-12H2,1H3,(H,19,22)(H,20,23). The summed E-state index contributed by atoms with van der Waals surface area (Å²) in [6.07, 6.45) is 2.72. The van der Waals surface area contributed by atoms with E-state index in [0.29, 0.717) is 25.9 Å². The first-order chi connectivity index (χ1) is 12.4. The summed E-state index contributed by atoms with van der Waals surface area (Å²) in [7, 11) is -3.77. The van der Waals surface area contributed by atoms with E-state index in [1.807, 2.05) is 6.92 Å². The maximum atomic E-state index is 12.9. The van der Waals surface area contributed by atoms with Crippen molar-refractivity contribution in [3.8, 4) is 0 Å². The molecule has 0 aliphatic carbocycles. The Labute approximate surface area is 162 Å². The van der Waals surface area contributed by atoms with Crippen LogP contribution in [0.2, 0.25) is 0 Å². The van der Waals surface area contributed by atoms with Crippen LogP contribution >= 0.6 is 15.9 Å². The van der Waals surface area contributed by atoms with Crippen LogP contribution in [-0.2, 0) is 19.6 Å². The van der Waals surface area contributed by atoms with Gasteiger partial charge in [0.25, 0.3) is 0 Å². The van der Waals surface area contributed by atoms with E-state index in [9.17, 15) is 18.0 Å². The number of piperidine rings is 1. The monoisotopic (exact) mass is 445 g/mol. The van der Waals surface area contributed by atoms with Gasteiger partial charge in [-0.25, -0.2) is 8.42 Å². The second kappa shape index (κ2) is 9.48. The molecule has 1 aromatic rings. The third-order valence-corrected chi connectivity index (χ3v) is 6.62. The van der Waals surface area contributed by atoms with Crippen LogP contribution in [0.25, 0.3) is 0 Å². The minimum atomic E-state index is -3.77. The molecule has 1 aliphatic heterocycles. The Kier molecular flexibility index (Phi) is 7.60. The molecular formula is C17H24BrN3O4S. The van der Waals surface area contributed by atoms with Gasteiger partial charge < -0.3 is 10.6 Å². The Morgan fingerprint density at radius 2 is 1.88 bits per heavy atom. The summed E-state index contributed by atoms with van der Waals surface area (Å²) in [6, 6.07) is 5.55. The highest BCUT2D eigenvalue weighted by molar-refractivity contribution is 9.10. The lowest BCUT2D eigenvalue weighted by Crippen LogP contribution is -2.53. The molecule has 2 rings (SSSR count). The van der Waals surface area contributed by atoms with Gasteiger partial charge in [-0.2, -0.15) is 4.31 Å². The molecule has 1 fully saturated rings. The first-order valence-corrected chi connectivity index (χ1v) is 10.9. The number of amides is 2. The minimum absolute atomic E-state index is 0.151. The molecule has 7 nitrogen and oxygen atoms in total. The predicted octanol–water partition coefficient (Wildman–Crippen LogP) is 1.63. The van der Waals surface area contributed by atoms with Crippen LogP contribution in [0.1, 0.15) is 32.6 Å². The Morgan fingerprint density at radius 1 is 1.19 bits per heavy atom. The number of nitrogens with one attached hydrogen (secondary N) is 2. The van der Waals surface area contributed by atoms with E-state index in [4.69, 9.17) is 0 Å². The molecule has 0 radical (unpaired) electrons. The lowest BCUT2D eigenvalue weighted by atomic mass is 10.0. The first kappa shape index (κ1) is 20.9. The van der Waals surface area contributed by atoms with Gasteiger partial charge in [0.15, 0.2) is 0 Å². The van der Waals surface area contributed by atoms with Gasteiger partial charge in [-0.3, -0.25) is 9.59 Å². The molecule has 26 heavy (non-hydrogen) atoms. The van der Waals surface area contributed by atoms with Crippen LogP contribution < -0.4 is 10.6 Å². The molecule has 1 aliphatic rings. The van der Waals surface area contributed by atoms with Gasteiger partial charge in [-0.1, -0.05) is 29.3 Å². The van der Waals surface area contributed by atoms with Gasteiger partial charge in [0.05, 0.1) is 11.4 Å². The summed E-state index contributed by atoms with van der Waals surface area (Å²) in [5, 5.41) is 5.23. The topological polar surface area (TPSA) is 95.6 Å². The van der Waals surface area contributed by atoms with Crippen LogP contribution in [0.3, 0.4) is 0 Å². The zero-order valence-corrected chi connectivity index (χ0v) is 17.1. The molecule has 1 saturated heterocycles. The number of hydrogen-bond acceptors (Lipinski definition) is 4. The van der Waals surface area contributed by atoms with E-state index >= 15 is 0 Å². The largest absolute Gasteiger partial charge is 0.355 e. The van der Waals surface area contributed by atoms with E-state index in [0.717, 1.165) is 17.3 Å². The number of rotatable bonds is 7. The molecule has 1 heterocycles. The third kappa shape index (κ3) is 5.28. The molecule has 2 amide bonds. The Morgan fingerprint density at radius 3 is 2.54 bits per heavy atom. The van der Waals surface area contributed by atoms with Gasteiger partial charge in [-0.15, -0.1) is 0 Å². The maximum Gasteiger partial charge on any atom is 0.243 e. The number of hydrogen-bond donors (Lipinski definition) is 2. The Bertz CT molecular complexity index is 737. The number of carbonyl (C=O) groups excluding carboxylic acids is 2. The minimum Gasteiger partial charge on any atom is -0.355 e. The lowest BCUT2D eigenvalue weighted by Gasteiger charge is -2.33. The molecule has 2 N–H and O–H groups in total. The number of carbonyl (C=O) groups is 2. The Hall–Kier alpha value is -1.45. The van der Waals surface area contributed by atoms with Crippen molar-refractivity contribution in [3.63, 3.8) is 0 Å². The predicted molar refractivity (Wildman–Crippen MR) is 102 cm³/mol. The van der Waals surface area contributed by atoms with Crippen LogP contribution in [-0.4, -0.2) is 50.2 Å². The molecule has 0 spiro atoms. The molecule has 1 aromatic carbocycles. The zero-order chi connectivity index (χ0) is 19.2. The zero-order valence-electron chi connectivity index (χ0n) is 14.7. The molecule has 9 heteroatoms. The van der Waals surface area contributed by atoms with Crippen LogP contribution in [0.5, 0.6) is 0 Å². The van der Waals surface area contributed by atoms with Gasteiger partial charge in [0.2, 0.25) is 21.8 Å². The molecule has 144 valence electrons. The smallest absolute Gasteiger partial charge is 0.243 e. The quantitative estimate of drug-likeness (QED) is 0.666. The van der Waals surface area contributed by atoms with Crippen LogP contribution in [0, 0.1) is 0 Å². The lowest BCUT2D eigenvalue weighted by molar-refractivity contribution is -0.129. The molecular weight excluding hydrogens is 422 g/mol. The highest BCUT2D eigenvalue weighted by Gasteiger charge is 2.37. The van der Waals surface area contributed by atoms with E-state index in [-0.39, 0.29) is 17.3 Å². The fourth-order valence-electron chi connectivity index (χ4n) is 2.81. The third-order valence-electron chi connectivity index (χ3n) is 4.17. The van der Waals surface area contributed by atoms with E-state index in [1.54, 1.807) is 12.1 Å². The van der Waals surface area contributed by atoms with Gasteiger partial charge in [0, 0.05) is 17.6 Å². The highest BCUT2D eigenvalue weighted by Crippen LogP contribution is 2.26. The van der Waals surface area contributed by atoms with Crippen molar-refractivity contribution in [2.45, 2.75) is 43.5 Å². The fourth-order valence-corrected chi connectivity index (χ4v) is 4.73. The van der Waals surface area contributed by atoms with Crippen LogP contribution in [0.4, 0.5) is 0 Å². The summed E-state index contributed by atoms with van der Waals surface area (Å²) >= 11 is 3.28. The summed E-state index contributed by atoms with van der Waals surface area (Å²) < 4.78 is 27.9. The molecule has 0 saturated carbocycles. The van der Waals surface area contributed by atoms with Crippen molar-refractivity contribution >= 4 is 37.8 Å². The van der Waals surface area contributed by atoms with E-state index in [1.165, 1.54) is 16.4 Å². The van der Waals surface area contributed by atoms with Crippen molar-refractivity contribution in [1.29, 1.82) is 0 Å². The second-order valence-corrected chi connectivity index (χ2v) is 8.96. The Balaban J connectivity index is 2.10. The van der Waals surface area contributed by atoms with Crippen molar-refractivity contribution in [1.82, 2.24) is 14.9 Å². The summed E-state index contributed by atoms with van der Waals surface area (Å²) in [5.74, 6) is -0.713. The van der Waals surface area contributed by atoms with Crippen molar-refractivity contribution in [3.05, 3.63) is 28.7 Å². The van der Waals surface area contributed by atoms with Crippen molar-refractivity contribution in [2.75, 3.05) is 19.6 Å². The number of nitrogens with zero attached hydrogens (tertiary/aromatic N) is 1. The van der Waals surface area contributed by atoms with E-state index in [2.05, 4.69) is 26.6 Å². The molecule has 1 unspecified atom stereocenters. The SMILES string of the molecule is CCCNC(=O)CNC(=O)C1CCCCN1S(=O)(=O)c1ccc(Br)cc1. The fraction of sp³-hybridized carbons (Fsp3) is 0.529. The molecule has 1 atom stereocenters. The second-order valence-electron chi connectivity index (χ2n) is 6.15. The van der Waals surface area contributed by atoms with Crippen molar-refractivity contribution in [2.24, 2.45) is 0 Å². The average molecular weight is 446 g/mol. The number of benzene rings is 1. The number of sulfonamides is 1. The maximum absolute atomic E-state index is 12.9. The number of halogens is 1. The van der Waals surface area contributed by atoms with Gasteiger partial charge in [0.1, 0.15) is 6.04 Å².